The molecule has 17 heavy (non-hydrogen) atoms. The Morgan fingerprint density at radius 1 is 1.53 bits per heavy atom. The average Bonchev–Trinajstić information content (AvgIpc) is 2.72. The molecule has 3 N–H and O–H groups in total. The molecule has 96 valence electrons. The van der Waals surface area contributed by atoms with Crippen LogP contribution in [-0.4, -0.2) is 29.6 Å². The highest BCUT2D eigenvalue weighted by atomic mass is 16.5. The van der Waals surface area contributed by atoms with Gasteiger partial charge in [-0.05, 0) is 11.8 Å². The van der Waals surface area contributed by atoms with Crippen molar-refractivity contribution in [3.63, 3.8) is 0 Å². The zero-order chi connectivity index (χ0) is 13.1. The van der Waals surface area contributed by atoms with Gasteiger partial charge in [0.05, 0.1) is 5.92 Å². The molecule has 0 saturated heterocycles. The minimum Gasteiger partial charge on any atom is -0.352 e. The Balaban J connectivity index is 2.83. The molecule has 1 heterocycles. The van der Waals surface area contributed by atoms with Gasteiger partial charge in [0.15, 0.2) is 0 Å². The number of nitrogens with one attached hydrogen (secondary N) is 1. The van der Waals surface area contributed by atoms with Crippen molar-refractivity contribution in [2.24, 2.45) is 11.1 Å². The van der Waals surface area contributed by atoms with Crippen LogP contribution >= 0.6 is 0 Å². The van der Waals surface area contributed by atoms with E-state index in [2.05, 4.69) is 36.2 Å². The predicted molar refractivity (Wildman–Crippen MR) is 63.6 cm³/mol. The number of hydrogen-bond acceptors (Lipinski definition) is 5. The monoisotopic (exact) mass is 240 g/mol. The Bertz CT molecular complexity index is 381. The molecule has 0 fully saturated rings. The maximum Gasteiger partial charge on any atom is 0.292 e. The minimum atomic E-state index is -0.355. The van der Waals surface area contributed by atoms with E-state index < -0.39 is 0 Å². The number of nitrogens with two attached hydrogens (primary N) is 1. The normalized spacial score (nSPS) is 13.5. The lowest BCUT2D eigenvalue weighted by atomic mass is 9.84. The number of amides is 1. The van der Waals surface area contributed by atoms with Gasteiger partial charge in [-0.25, -0.2) is 0 Å². The second kappa shape index (κ2) is 5.27. The molecule has 0 aliphatic rings. The summed E-state index contributed by atoms with van der Waals surface area (Å²) in [4.78, 5) is 15.4. The van der Waals surface area contributed by atoms with Crippen molar-refractivity contribution in [3.05, 3.63) is 11.7 Å². The third-order valence-corrected chi connectivity index (χ3v) is 2.36. The van der Waals surface area contributed by atoms with Crippen molar-refractivity contribution in [1.82, 2.24) is 15.5 Å². The van der Waals surface area contributed by atoms with E-state index in [1.165, 1.54) is 7.05 Å². The predicted octanol–water partition coefficient (Wildman–Crippen LogP) is 0.908. The summed E-state index contributed by atoms with van der Waals surface area (Å²) in [5.74, 6) is 0.114. The van der Waals surface area contributed by atoms with Crippen LogP contribution in [0.5, 0.6) is 0 Å². The lowest BCUT2D eigenvalue weighted by Crippen LogP contribution is -2.21. The summed E-state index contributed by atoms with van der Waals surface area (Å²) in [6.45, 7) is 6.77. The Labute approximate surface area is 101 Å². The van der Waals surface area contributed by atoms with E-state index in [0.717, 1.165) is 6.42 Å². The smallest absolute Gasteiger partial charge is 0.292 e. The van der Waals surface area contributed by atoms with Gasteiger partial charge in [-0.2, -0.15) is 4.98 Å². The molecule has 6 heteroatoms. The standard InChI is InChI=1S/C11H20N4O2/c1-11(2,3)5-7(6-12)10-14-8(15-17-10)9(16)13-4/h7H,5-6,12H2,1-4H3,(H,13,16). The fraction of sp³-hybridized carbons (Fsp3) is 0.727. The zero-order valence-electron chi connectivity index (χ0n) is 10.8. The number of carbonyl (C=O) groups is 1. The van der Waals surface area contributed by atoms with E-state index in [-0.39, 0.29) is 23.1 Å². The highest BCUT2D eigenvalue weighted by Gasteiger charge is 2.25. The molecular weight excluding hydrogens is 220 g/mol. The van der Waals surface area contributed by atoms with Gasteiger partial charge < -0.3 is 15.6 Å². The molecule has 0 aliphatic heterocycles. The molecule has 1 aromatic heterocycles. The van der Waals surface area contributed by atoms with Crippen LogP contribution in [0.2, 0.25) is 0 Å². The Hall–Kier alpha value is -1.43. The second-order valence-corrected chi connectivity index (χ2v) is 5.23. The molecule has 1 aromatic rings. The number of rotatable bonds is 4. The SMILES string of the molecule is CNC(=O)c1noc(C(CN)CC(C)(C)C)n1. The third kappa shape index (κ3) is 3.81. The first-order chi connectivity index (χ1) is 7.87. The molecule has 1 unspecified atom stereocenters. The molecule has 0 saturated carbocycles. The molecule has 0 bridgehead atoms. The van der Waals surface area contributed by atoms with Crippen LogP contribution in [0.25, 0.3) is 0 Å². The average molecular weight is 240 g/mol. The number of hydrogen-bond donors (Lipinski definition) is 2. The van der Waals surface area contributed by atoms with E-state index >= 15 is 0 Å². The summed E-state index contributed by atoms with van der Waals surface area (Å²) in [5, 5.41) is 6.08. The van der Waals surface area contributed by atoms with Crippen LogP contribution in [-0.2, 0) is 0 Å². The van der Waals surface area contributed by atoms with E-state index in [9.17, 15) is 4.79 Å². The molecule has 1 atom stereocenters. The van der Waals surface area contributed by atoms with E-state index in [1.54, 1.807) is 0 Å². The molecule has 6 nitrogen and oxygen atoms in total. The fourth-order valence-corrected chi connectivity index (χ4v) is 1.62. The summed E-state index contributed by atoms with van der Waals surface area (Å²) in [7, 11) is 1.52. The highest BCUT2D eigenvalue weighted by molar-refractivity contribution is 5.89. The van der Waals surface area contributed by atoms with Gasteiger partial charge >= 0.3 is 0 Å². The van der Waals surface area contributed by atoms with Gasteiger partial charge in [-0.1, -0.05) is 25.9 Å². The Morgan fingerprint density at radius 3 is 2.65 bits per heavy atom. The quantitative estimate of drug-likeness (QED) is 0.815. The summed E-state index contributed by atoms with van der Waals surface area (Å²) in [6.07, 6.45) is 0.832. The van der Waals surface area contributed by atoms with Gasteiger partial charge in [0.1, 0.15) is 0 Å². The molecule has 1 rings (SSSR count). The van der Waals surface area contributed by atoms with E-state index in [1.807, 2.05) is 0 Å². The molecule has 0 spiro atoms. The van der Waals surface area contributed by atoms with Gasteiger partial charge in [-0.15, -0.1) is 0 Å². The first-order valence-corrected chi connectivity index (χ1v) is 5.63. The third-order valence-electron chi connectivity index (χ3n) is 2.36. The van der Waals surface area contributed by atoms with Crippen molar-refractivity contribution in [1.29, 1.82) is 0 Å². The Kier molecular flexibility index (Phi) is 4.22. The lowest BCUT2D eigenvalue weighted by molar-refractivity contribution is 0.0950. The molecule has 0 aliphatic carbocycles. The minimum absolute atomic E-state index is 0.0130. The Morgan fingerprint density at radius 2 is 2.18 bits per heavy atom. The molecular formula is C11H20N4O2. The molecule has 0 radical (unpaired) electrons. The molecule has 1 amide bonds. The van der Waals surface area contributed by atoms with Crippen LogP contribution in [0.1, 0.15) is 49.6 Å². The summed E-state index contributed by atoms with van der Waals surface area (Å²) < 4.78 is 5.08. The number of carbonyl (C=O) groups excluding carboxylic acids is 1. The summed E-state index contributed by atoms with van der Waals surface area (Å²) in [5.41, 5.74) is 5.82. The van der Waals surface area contributed by atoms with Crippen LogP contribution in [0.4, 0.5) is 0 Å². The first kappa shape index (κ1) is 13.6. The van der Waals surface area contributed by atoms with Crippen LogP contribution < -0.4 is 11.1 Å². The highest BCUT2D eigenvalue weighted by Crippen LogP contribution is 2.29. The number of nitrogens with zero attached hydrogens (tertiary/aromatic N) is 2. The van der Waals surface area contributed by atoms with E-state index in [4.69, 9.17) is 10.3 Å². The van der Waals surface area contributed by atoms with Crippen LogP contribution in [0.3, 0.4) is 0 Å². The lowest BCUT2D eigenvalue weighted by Gasteiger charge is -2.22. The van der Waals surface area contributed by atoms with Crippen LogP contribution in [0.15, 0.2) is 4.52 Å². The first-order valence-electron chi connectivity index (χ1n) is 5.63. The molecule has 0 aromatic carbocycles. The van der Waals surface area contributed by atoms with Gasteiger partial charge in [0, 0.05) is 13.6 Å². The van der Waals surface area contributed by atoms with Crippen molar-refractivity contribution in [2.75, 3.05) is 13.6 Å². The maximum absolute atomic E-state index is 11.3. The van der Waals surface area contributed by atoms with E-state index in [0.29, 0.717) is 12.4 Å². The summed E-state index contributed by atoms with van der Waals surface area (Å²) in [6, 6.07) is 0. The van der Waals surface area contributed by atoms with Gasteiger partial charge in [-0.3, -0.25) is 4.79 Å². The fourth-order valence-electron chi connectivity index (χ4n) is 1.62. The van der Waals surface area contributed by atoms with Gasteiger partial charge in [0.2, 0.25) is 5.89 Å². The van der Waals surface area contributed by atoms with Crippen molar-refractivity contribution >= 4 is 5.91 Å². The van der Waals surface area contributed by atoms with Gasteiger partial charge in [0.25, 0.3) is 11.7 Å². The largest absolute Gasteiger partial charge is 0.352 e. The number of aromatic nitrogens is 2. The van der Waals surface area contributed by atoms with Crippen molar-refractivity contribution < 1.29 is 9.32 Å². The maximum atomic E-state index is 11.3. The zero-order valence-corrected chi connectivity index (χ0v) is 10.8. The second-order valence-electron chi connectivity index (χ2n) is 5.23. The summed E-state index contributed by atoms with van der Waals surface area (Å²) >= 11 is 0. The van der Waals surface area contributed by atoms with Crippen molar-refractivity contribution in [3.8, 4) is 0 Å². The topological polar surface area (TPSA) is 94.0 Å². The van der Waals surface area contributed by atoms with Crippen molar-refractivity contribution in [2.45, 2.75) is 33.1 Å². The van der Waals surface area contributed by atoms with Crippen LogP contribution in [0, 0.1) is 5.41 Å².